The summed E-state index contributed by atoms with van der Waals surface area (Å²) < 4.78 is 14.0. The standard InChI is InChI=1S/C12H20O7.Ti/c1-4-17-9(13)7-12(16,11(15)19-6-3)8-10(14)18-5-2;/h16H,4-8H2,1-3H3;. The molecule has 0 unspecified atom stereocenters. The van der Waals surface area contributed by atoms with E-state index in [1.165, 1.54) is 0 Å². The smallest absolute Gasteiger partial charge is 0.339 e. The van der Waals surface area contributed by atoms with E-state index >= 15 is 0 Å². The molecule has 0 heterocycles. The number of hydrogen-bond donors (Lipinski definition) is 1. The molecule has 0 spiro atoms. The van der Waals surface area contributed by atoms with Gasteiger partial charge in [-0.1, -0.05) is 0 Å². The maximum Gasteiger partial charge on any atom is 0.339 e. The Labute approximate surface area is 132 Å². The van der Waals surface area contributed by atoms with Crippen molar-refractivity contribution in [1.82, 2.24) is 0 Å². The normalized spacial score (nSPS) is 10.2. The number of esters is 3. The molecule has 0 aliphatic carbocycles. The van der Waals surface area contributed by atoms with E-state index in [-0.39, 0.29) is 41.5 Å². The van der Waals surface area contributed by atoms with Gasteiger partial charge in [0.15, 0.2) is 5.60 Å². The summed E-state index contributed by atoms with van der Waals surface area (Å²) in [6, 6.07) is 0. The maximum atomic E-state index is 11.7. The first-order valence-corrected chi connectivity index (χ1v) is 6.10. The van der Waals surface area contributed by atoms with Crippen LogP contribution in [-0.4, -0.2) is 48.4 Å². The van der Waals surface area contributed by atoms with E-state index in [0.717, 1.165) is 0 Å². The third-order valence-electron chi connectivity index (χ3n) is 2.14. The molecule has 0 amide bonds. The molecule has 8 heteroatoms. The minimum atomic E-state index is -2.26. The summed E-state index contributed by atoms with van der Waals surface area (Å²) in [6.07, 6.45) is -1.31. The number of carbonyl (C=O) groups excluding carboxylic acids is 3. The van der Waals surface area contributed by atoms with Gasteiger partial charge in [-0.2, -0.15) is 0 Å². The molecule has 0 saturated heterocycles. The summed E-state index contributed by atoms with van der Waals surface area (Å²) in [4.78, 5) is 34.4. The molecule has 0 aromatic rings. The van der Waals surface area contributed by atoms with Crippen LogP contribution < -0.4 is 0 Å². The van der Waals surface area contributed by atoms with Crippen molar-refractivity contribution in [2.45, 2.75) is 39.2 Å². The number of rotatable bonds is 8. The molecule has 0 bridgehead atoms. The summed E-state index contributed by atoms with van der Waals surface area (Å²) in [6.45, 7) is 4.97. The molecule has 114 valence electrons. The van der Waals surface area contributed by atoms with Crippen molar-refractivity contribution in [3.8, 4) is 0 Å². The van der Waals surface area contributed by atoms with Gasteiger partial charge < -0.3 is 19.3 Å². The first-order valence-electron chi connectivity index (χ1n) is 6.10. The van der Waals surface area contributed by atoms with Gasteiger partial charge in [0.05, 0.1) is 32.7 Å². The van der Waals surface area contributed by atoms with Crippen LogP contribution in [0.3, 0.4) is 0 Å². The van der Waals surface area contributed by atoms with Gasteiger partial charge in [0, 0.05) is 21.7 Å². The molecule has 0 aliphatic rings. The van der Waals surface area contributed by atoms with Crippen molar-refractivity contribution in [1.29, 1.82) is 0 Å². The molecule has 20 heavy (non-hydrogen) atoms. The van der Waals surface area contributed by atoms with E-state index in [9.17, 15) is 19.5 Å². The molecule has 7 nitrogen and oxygen atoms in total. The third kappa shape index (κ3) is 7.62. The molecule has 0 aromatic carbocycles. The second-order valence-corrected chi connectivity index (χ2v) is 3.72. The van der Waals surface area contributed by atoms with Crippen LogP contribution in [0.2, 0.25) is 0 Å². The summed E-state index contributed by atoms with van der Waals surface area (Å²) in [5.41, 5.74) is -2.26. The van der Waals surface area contributed by atoms with Crippen LogP contribution in [0, 0.1) is 0 Å². The minimum absolute atomic E-state index is 0. The Morgan fingerprint density at radius 2 is 1.20 bits per heavy atom. The summed E-state index contributed by atoms with van der Waals surface area (Å²) in [7, 11) is 0. The fraction of sp³-hybridized carbons (Fsp3) is 0.750. The van der Waals surface area contributed by atoms with Crippen LogP contribution in [0.1, 0.15) is 33.6 Å². The molecule has 0 fully saturated rings. The summed E-state index contributed by atoms with van der Waals surface area (Å²) in [5, 5.41) is 10.1. The Kier molecular flexibility index (Phi) is 11.6. The molecule has 0 saturated carbocycles. The van der Waals surface area contributed by atoms with Crippen LogP contribution in [0.4, 0.5) is 0 Å². The Morgan fingerprint density at radius 1 is 0.850 bits per heavy atom. The third-order valence-corrected chi connectivity index (χ3v) is 2.14. The first-order chi connectivity index (χ1) is 8.89. The monoisotopic (exact) mass is 324 g/mol. The first kappa shape index (κ1) is 21.4. The zero-order chi connectivity index (χ0) is 14.9. The Hall–Kier alpha value is -0.916. The largest absolute Gasteiger partial charge is 0.466 e. The second-order valence-electron chi connectivity index (χ2n) is 3.72. The van der Waals surface area contributed by atoms with Crippen molar-refractivity contribution in [2.24, 2.45) is 0 Å². The van der Waals surface area contributed by atoms with Gasteiger partial charge in [-0.05, 0) is 20.8 Å². The van der Waals surface area contributed by atoms with Crippen LogP contribution in [-0.2, 0) is 50.3 Å². The molecule has 0 rings (SSSR count). The van der Waals surface area contributed by atoms with E-state index in [1.54, 1.807) is 20.8 Å². The van der Waals surface area contributed by atoms with Crippen molar-refractivity contribution in [3.05, 3.63) is 0 Å². The van der Waals surface area contributed by atoms with Gasteiger partial charge in [0.25, 0.3) is 0 Å². The number of carbonyl (C=O) groups is 3. The maximum absolute atomic E-state index is 11.7. The summed E-state index contributed by atoms with van der Waals surface area (Å²) >= 11 is 0. The van der Waals surface area contributed by atoms with Crippen molar-refractivity contribution >= 4 is 17.9 Å². The fourth-order valence-corrected chi connectivity index (χ4v) is 1.37. The van der Waals surface area contributed by atoms with Gasteiger partial charge in [-0.15, -0.1) is 0 Å². The minimum Gasteiger partial charge on any atom is -0.466 e. The fourth-order valence-electron chi connectivity index (χ4n) is 1.37. The Bertz CT molecular complexity index is 310. The van der Waals surface area contributed by atoms with Crippen molar-refractivity contribution < 1.29 is 55.4 Å². The predicted octanol–water partition coefficient (Wildman–Crippen LogP) is 0.185. The molecule has 0 aromatic heterocycles. The van der Waals surface area contributed by atoms with Gasteiger partial charge in [0.2, 0.25) is 0 Å². The summed E-state index contributed by atoms with van der Waals surface area (Å²) in [5.74, 6) is -2.62. The second kappa shape index (κ2) is 10.8. The van der Waals surface area contributed by atoms with E-state index in [4.69, 9.17) is 0 Å². The predicted molar refractivity (Wildman–Crippen MR) is 64.1 cm³/mol. The quantitative estimate of drug-likeness (QED) is 0.386. The molecule has 0 aliphatic heterocycles. The number of aliphatic hydroxyl groups is 1. The van der Waals surface area contributed by atoms with Crippen LogP contribution in [0.25, 0.3) is 0 Å². The van der Waals surface area contributed by atoms with E-state index in [2.05, 4.69) is 14.2 Å². The molecule has 0 radical (unpaired) electrons. The Morgan fingerprint density at radius 3 is 1.50 bits per heavy atom. The SMILES string of the molecule is CCOC(=O)CC(O)(CC(=O)OCC)C(=O)OCC.[Ti]. The van der Waals surface area contributed by atoms with E-state index < -0.39 is 36.4 Å². The van der Waals surface area contributed by atoms with Crippen molar-refractivity contribution in [2.75, 3.05) is 19.8 Å². The zero-order valence-electron chi connectivity index (χ0n) is 11.9. The van der Waals surface area contributed by atoms with Crippen molar-refractivity contribution in [3.63, 3.8) is 0 Å². The topological polar surface area (TPSA) is 99.1 Å². The van der Waals surface area contributed by atoms with Crippen LogP contribution >= 0.6 is 0 Å². The van der Waals surface area contributed by atoms with Crippen LogP contribution in [0.5, 0.6) is 0 Å². The molecular formula is C12H20O7Ti. The number of ether oxygens (including phenoxy) is 3. The number of hydrogen-bond acceptors (Lipinski definition) is 7. The Balaban J connectivity index is 0. The van der Waals surface area contributed by atoms with Gasteiger partial charge in [0.1, 0.15) is 0 Å². The molecule has 1 N–H and O–H groups in total. The van der Waals surface area contributed by atoms with Crippen LogP contribution in [0.15, 0.2) is 0 Å². The van der Waals surface area contributed by atoms with Gasteiger partial charge >= 0.3 is 17.9 Å². The van der Waals surface area contributed by atoms with Gasteiger partial charge in [-0.3, -0.25) is 9.59 Å². The average molecular weight is 324 g/mol. The zero-order valence-corrected chi connectivity index (χ0v) is 13.5. The van der Waals surface area contributed by atoms with E-state index in [1.807, 2.05) is 0 Å². The molecular weight excluding hydrogens is 304 g/mol. The molecule has 0 atom stereocenters. The van der Waals surface area contributed by atoms with Gasteiger partial charge in [-0.25, -0.2) is 4.79 Å². The van der Waals surface area contributed by atoms with E-state index in [0.29, 0.717) is 0 Å². The average Bonchev–Trinajstić information content (AvgIpc) is 2.29.